The zero-order valence-corrected chi connectivity index (χ0v) is 13.6. The van der Waals surface area contributed by atoms with Crippen LogP contribution in [0.15, 0.2) is 22.7 Å². The number of carbonyl (C=O) groups excluding carboxylic acids is 1. The largest absolute Gasteiger partial charge is 0.324 e. The molecule has 1 N–H and O–H groups in total. The third-order valence-electron chi connectivity index (χ3n) is 2.78. The molecule has 1 unspecified atom stereocenters. The van der Waals surface area contributed by atoms with Crippen molar-refractivity contribution in [3.05, 3.63) is 28.2 Å². The predicted molar refractivity (Wildman–Crippen MR) is 81.0 cm³/mol. The van der Waals surface area contributed by atoms with Crippen molar-refractivity contribution in [3.63, 3.8) is 0 Å². The lowest BCUT2D eigenvalue weighted by atomic mass is 10.2. The van der Waals surface area contributed by atoms with Crippen molar-refractivity contribution in [2.24, 2.45) is 0 Å². The molecule has 0 saturated carbocycles. The highest BCUT2D eigenvalue weighted by Crippen LogP contribution is 2.23. The van der Waals surface area contributed by atoms with E-state index >= 15 is 0 Å². The van der Waals surface area contributed by atoms with Crippen molar-refractivity contribution < 1.29 is 13.2 Å². The molecule has 1 amide bonds. The lowest BCUT2D eigenvalue weighted by molar-refractivity contribution is -0.115. The number of hydrogen-bond donors (Lipinski definition) is 1. The minimum Gasteiger partial charge on any atom is -0.324 e. The van der Waals surface area contributed by atoms with Crippen molar-refractivity contribution in [1.29, 1.82) is 0 Å². The van der Waals surface area contributed by atoms with Crippen LogP contribution in [0.25, 0.3) is 0 Å². The molecule has 1 aromatic carbocycles. The van der Waals surface area contributed by atoms with Crippen LogP contribution in [-0.2, 0) is 14.6 Å². The first-order valence-corrected chi connectivity index (χ1v) is 8.57. The smallest absolute Gasteiger partial charge is 0.242 e. The minimum atomic E-state index is -3.38. The highest BCUT2D eigenvalue weighted by Gasteiger charge is 2.27. The number of anilines is 1. The van der Waals surface area contributed by atoms with Crippen LogP contribution in [0.5, 0.6) is 0 Å². The average Bonchev–Trinajstić information content (AvgIpc) is 2.31. The van der Waals surface area contributed by atoms with Gasteiger partial charge in [-0.05, 0) is 53.9 Å². The van der Waals surface area contributed by atoms with Crippen LogP contribution in [0.4, 0.5) is 5.69 Å². The van der Waals surface area contributed by atoms with Gasteiger partial charge in [-0.1, -0.05) is 13.0 Å². The maximum atomic E-state index is 12.0. The summed E-state index contributed by atoms with van der Waals surface area (Å²) in [5, 5.41) is 1.60. The number of halogens is 1. The van der Waals surface area contributed by atoms with Crippen LogP contribution in [0.1, 0.15) is 25.8 Å². The van der Waals surface area contributed by atoms with Gasteiger partial charge in [0.2, 0.25) is 5.91 Å². The number of amides is 1. The van der Waals surface area contributed by atoms with E-state index in [1.165, 1.54) is 6.92 Å². The molecule has 0 bridgehead atoms. The first-order valence-electron chi connectivity index (χ1n) is 6.06. The summed E-state index contributed by atoms with van der Waals surface area (Å²) in [6, 6.07) is 5.46. The molecule has 0 aliphatic heterocycles. The molecule has 0 aliphatic carbocycles. The number of nitrogens with one attached hydrogen (secondary N) is 1. The van der Waals surface area contributed by atoms with Gasteiger partial charge >= 0.3 is 0 Å². The molecule has 0 saturated heterocycles. The Morgan fingerprint density at radius 2 is 2.05 bits per heavy atom. The third-order valence-corrected chi connectivity index (χ3v) is 5.70. The number of aryl methyl sites for hydroxylation is 1. The third kappa shape index (κ3) is 4.31. The van der Waals surface area contributed by atoms with Gasteiger partial charge in [-0.15, -0.1) is 0 Å². The quantitative estimate of drug-likeness (QED) is 0.890. The second-order valence-corrected chi connectivity index (χ2v) is 7.78. The molecule has 1 rings (SSSR count). The Labute approximate surface area is 122 Å². The second-order valence-electron chi connectivity index (χ2n) is 4.48. The van der Waals surface area contributed by atoms with Gasteiger partial charge < -0.3 is 5.32 Å². The maximum Gasteiger partial charge on any atom is 0.242 e. The topological polar surface area (TPSA) is 63.2 Å². The Kier molecular flexibility index (Phi) is 5.55. The fraction of sp³-hybridized carbons (Fsp3) is 0.462. The molecule has 0 radical (unpaired) electrons. The number of benzene rings is 1. The van der Waals surface area contributed by atoms with Crippen LogP contribution >= 0.6 is 15.9 Å². The predicted octanol–water partition coefficient (Wildman–Crippen LogP) is 2.91. The van der Waals surface area contributed by atoms with Crippen molar-refractivity contribution in [1.82, 2.24) is 0 Å². The van der Waals surface area contributed by atoms with Crippen LogP contribution in [0.3, 0.4) is 0 Å². The van der Waals surface area contributed by atoms with E-state index in [9.17, 15) is 13.2 Å². The van der Waals surface area contributed by atoms with Gasteiger partial charge in [0.25, 0.3) is 0 Å². The fourth-order valence-electron chi connectivity index (χ4n) is 1.58. The maximum absolute atomic E-state index is 12.0. The van der Waals surface area contributed by atoms with E-state index < -0.39 is 21.0 Å². The minimum absolute atomic E-state index is 0.0245. The fourth-order valence-corrected chi connectivity index (χ4v) is 3.48. The molecule has 6 heteroatoms. The molecular weight excluding hydrogens is 330 g/mol. The van der Waals surface area contributed by atoms with E-state index in [0.29, 0.717) is 12.1 Å². The zero-order chi connectivity index (χ0) is 14.6. The van der Waals surface area contributed by atoms with E-state index in [0.717, 1.165) is 10.0 Å². The molecule has 19 heavy (non-hydrogen) atoms. The monoisotopic (exact) mass is 347 g/mol. The van der Waals surface area contributed by atoms with E-state index in [4.69, 9.17) is 0 Å². The van der Waals surface area contributed by atoms with Gasteiger partial charge in [-0.25, -0.2) is 8.42 Å². The summed E-state index contributed by atoms with van der Waals surface area (Å²) in [7, 11) is -3.38. The summed E-state index contributed by atoms with van der Waals surface area (Å²) in [6.45, 7) is 5.13. The zero-order valence-electron chi connectivity index (χ0n) is 11.2. The number of rotatable bonds is 5. The van der Waals surface area contributed by atoms with Gasteiger partial charge in [0.1, 0.15) is 5.25 Å². The Balaban J connectivity index is 2.85. The van der Waals surface area contributed by atoms with E-state index in [-0.39, 0.29) is 5.75 Å². The second kappa shape index (κ2) is 6.52. The lowest BCUT2D eigenvalue weighted by Crippen LogP contribution is -2.34. The van der Waals surface area contributed by atoms with E-state index in [1.807, 2.05) is 19.1 Å². The summed E-state index contributed by atoms with van der Waals surface area (Å²) < 4.78 is 24.4. The number of carbonyl (C=O) groups is 1. The molecular formula is C13H18BrNO3S. The average molecular weight is 348 g/mol. The highest BCUT2D eigenvalue weighted by molar-refractivity contribution is 9.10. The van der Waals surface area contributed by atoms with Crippen LogP contribution in [0, 0.1) is 6.92 Å². The van der Waals surface area contributed by atoms with Gasteiger partial charge in [-0.2, -0.15) is 0 Å². The van der Waals surface area contributed by atoms with Gasteiger partial charge in [0.05, 0.1) is 11.4 Å². The van der Waals surface area contributed by atoms with Crippen LogP contribution < -0.4 is 5.32 Å². The number of hydrogen-bond acceptors (Lipinski definition) is 3. The SMILES string of the molecule is CCCS(=O)(=O)C(C)C(=O)Nc1ccc(C)cc1Br. The Morgan fingerprint density at radius 1 is 1.42 bits per heavy atom. The van der Waals surface area contributed by atoms with Gasteiger partial charge in [0, 0.05) is 4.47 Å². The van der Waals surface area contributed by atoms with Gasteiger partial charge in [0.15, 0.2) is 9.84 Å². The highest BCUT2D eigenvalue weighted by atomic mass is 79.9. The van der Waals surface area contributed by atoms with Crippen molar-refractivity contribution >= 4 is 37.4 Å². The van der Waals surface area contributed by atoms with E-state index in [2.05, 4.69) is 21.2 Å². The van der Waals surface area contributed by atoms with Gasteiger partial charge in [-0.3, -0.25) is 4.79 Å². The normalized spacial score (nSPS) is 13.1. The molecule has 0 spiro atoms. The molecule has 1 atom stereocenters. The molecule has 0 aromatic heterocycles. The molecule has 0 aliphatic rings. The van der Waals surface area contributed by atoms with Crippen molar-refractivity contribution in [2.45, 2.75) is 32.4 Å². The first-order chi connectivity index (χ1) is 8.77. The van der Waals surface area contributed by atoms with Crippen LogP contribution in [0.2, 0.25) is 0 Å². The Morgan fingerprint density at radius 3 is 2.58 bits per heavy atom. The molecule has 106 valence electrons. The molecule has 1 aromatic rings. The summed E-state index contributed by atoms with van der Waals surface area (Å²) in [4.78, 5) is 12.0. The van der Waals surface area contributed by atoms with Crippen molar-refractivity contribution in [2.75, 3.05) is 11.1 Å². The summed E-state index contributed by atoms with van der Waals surface area (Å²) in [6.07, 6.45) is 0.508. The Bertz CT molecular complexity index is 569. The molecule has 0 heterocycles. The summed E-state index contributed by atoms with van der Waals surface area (Å²) >= 11 is 3.34. The van der Waals surface area contributed by atoms with Crippen molar-refractivity contribution in [3.8, 4) is 0 Å². The first kappa shape index (κ1) is 16.2. The Hall–Kier alpha value is -0.880. The summed E-state index contributed by atoms with van der Waals surface area (Å²) in [5.74, 6) is -0.477. The van der Waals surface area contributed by atoms with Crippen LogP contribution in [-0.4, -0.2) is 25.3 Å². The number of sulfone groups is 1. The van der Waals surface area contributed by atoms with E-state index in [1.54, 1.807) is 13.0 Å². The molecule has 0 fully saturated rings. The standard InChI is InChI=1S/C13H18BrNO3S/c1-4-7-19(17,18)10(3)13(16)15-12-6-5-9(2)8-11(12)14/h5-6,8,10H,4,7H2,1-3H3,(H,15,16). The molecule has 4 nitrogen and oxygen atoms in total. The summed E-state index contributed by atoms with van der Waals surface area (Å²) in [5.41, 5.74) is 1.63. The lowest BCUT2D eigenvalue weighted by Gasteiger charge is -2.14.